The van der Waals surface area contributed by atoms with Crippen molar-refractivity contribution in [2.75, 3.05) is 11.9 Å². The zero-order valence-electron chi connectivity index (χ0n) is 14.5. The van der Waals surface area contributed by atoms with Gasteiger partial charge in [0.25, 0.3) is 0 Å². The average molecular weight is 340 g/mol. The van der Waals surface area contributed by atoms with Crippen LogP contribution in [0.4, 0.5) is 5.69 Å². The maximum Gasteiger partial charge on any atom is 0.229 e. The van der Waals surface area contributed by atoms with Gasteiger partial charge in [-0.25, -0.2) is 0 Å². The normalized spacial score (nSPS) is 20.0. The number of anilines is 1. The maximum absolute atomic E-state index is 12.7. The van der Waals surface area contributed by atoms with Gasteiger partial charge in [0.1, 0.15) is 5.76 Å². The molecule has 1 aliphatic carbocycles. The van der Waals surface area contributed by atoms with E-state index in [-0.39, 0.29) is 23.7 Å². The second-order valence-electron chi connectivity index (χ2n) is 6.58. The minimum absolute atomic E-state index is 0.000620. The summed E-state index contributed by atoms with van der Waals surface area (Å²) in [5, 5.41) is 2.92. The molecule has 1 aromatic carbocycles. The molecule has 5 heteroatoms. The topological polar surface area (TPSA) is 62.6 Å². The van der Waals surface area contributed by atoms with Gasteiger partial charge in [0, 0.05) is 24.6 Å². The van der Waals surface area contributed by atoms with Crippen LogP contribution >= 0.6 is 0 Å². The molecule has 1 N–H and O–H groups in total. The van der Waals surface area contributed by atoms with Crippen molar-refractivity contribution in [2.45, 2.75) is 32.2 Å². The number of carbonyl (C=O) groups excluding carboxylic acids is 2. The summed E-state index contributed by atoms with van der Waals surface area (Å²) < 4.78 is 5.22. The van der Waals surface area contributed by atoms with E-state index in [2.05, 4.69) is 5.32 Å². The molecule has 1 saturated carbocycles. The van der Waals surface area contributed by atoms with Crippen molar-refractivity contribution in [3.05, 3.63) is 54.5 Å². The van der Waals surface area contributed by atoms with Crippen LogP contribution in [-0.4, -0.2) is 18.9 Å². The van der Waals surface area contributed by atoms with Gasteiger partial charge in [-0.3, -0.25) is 9.59 Å². The molecular weight excluding hydrogens is 316 g/mol. The van der Waals surface area contributed by atoms with E-state index in [0.29, 0.717) is 6.54 Å². The SMILES string of the molecule is CN(C(=O)C1CCC(C(=O)NCc2ccco2)CC1)c1ccccc1. The number of nitrogens with one attached hydrogen (secondary N) is 1. The average Bonchev–Trinajstić information content (AvgIpc) is 3.19. The van der Waals surface area contributed by atoms with Gasteiger partial charge in [-0.1, -0.05) is 18.2 Å². The predicted octanol–water partition coefficient (Wildman–Crippen LogP) is 3.37. The predicted molar refractivity (Wildman–Crippen MR) is 95.9 cm³/mol. The highest BCUT2D eigenvalue weighted by Crippen LogP contribution is 2.31. The largest absolute Gasteiger partial charge is 0.467 e. The molecule has 1 aliphatic rings. The van der Waals surface area contributed by atoms with Gasteiger partial charge in [-0.15, -0.1) is 0 Å². The fourth-order valence-electron chi connectivity index (χ4n) is 3.39. The number of furan rings is 1. The Morgan fingerprint density at radius 3 is 2.36 bits per heavy atom. The lowest BCUT2D eigenvalue weighted by Gasteiger charge is -2.30. The molecule has 5 nitrogen and oxygen atoms in total. The zero-order chi connectivity index (χ0) is 17.6. The maximum atomic E-state index is 12.7. The van der Waals surface area contributed by atoms with Gasteiger partial charge in [0.15, 0.2) is 0 Å². The Balaban J connectivity index is 1.48. The summed E-state index contributed by atoms with van der Waals surface area (Å²) in [6, 6.07) is 13.3. The molecule has 0 aliphatic heterocycles. The van der Waals surface area contributed by atoms with Crippen LogP contribution in [0, 0.1) is 11.8 Å². The summed E-state index contributed by atoms with van der Waals surface area (Å²) in [6.07, 6.45) is 4.62. The fraction of sp³-hybridized carbons (Fsp3) is 0.400. The van der Waals surface area contributed by atoms with Gasteiger partial charge in [0.05, 0.1) is 12.8 Å². The molecule has 3 rings (SSSR count). The van der Waals surface area contributed by atoms with Crippen molar-refractivity contribution in [3.8, 4) is 0 Å². The van der Waals surface area contributed by atoms with Gasteiger partial charge >= 0.3 is 0 Å². The summed E-state index contributed by atoms with van der Waals surface area (Å²) >= 11 is 0. The van der Waals surface area contributed by atoms with Gasteiger partial charge in [-0.05, 0) is 49.9 Å². The Hall–Kier alpha value is -2.56. The quantitative estimate of drug-likeness (QED) is 0.908. The van der Waals surface area contributed by atoms with E-state index in [4.69, 9.17) is 4.42 Å². The number of hydrogen-bond donors (Lipinski definition) is 1. The third-order valence-corrected chi connectivity index (χ3v) is 4.94. The first kappa shape index (κ1) is 17.3. The van der Waals surface area contributed by atoms with Gasteiger partial charge in [-0.2, -0.15) is 0 Å². The smallest absolute Gasteiger partial charge is 0.229 e. The Bertz CT molecular complexity index is 689. The number of carbonyl (C=O) groups is 2. The first-order chi connectivity index (χ1) is 12.1. The molecule has 2 amide bonds. The molecule has 1 aromatic heterocycles. The molecule has 0 spiro atoms. The molecule has 2 aromatic rings. The van der Waals surface area contributed by atoms with E-state index in [1.807, 2.05) is 49.5 Å². The molecule has 1 heterocycles. The van der Waals surface area contributed by atoms with Crippen LogP contribution in [0.15, 0.2) is 53.1 Å². The molecule has 132 valence electrons. The van der Waals surface area contributed by atoms with Crippen LogP contribution in [-0.2, 0) is 16.1 Å². The van der Waals surface area contributed by atoms with E-state index in [1.54, 1.807) is 11.2 Å². The minimum Gasteiger partial charge on any atom is -0.467 e. The third-order valence-electron chi connectivity index (χ3n) is 4.94. The molecule has 0 radical (unpaired) electrons. The van der Waals surface area contributed by atoms with Gasteiger partial charge in [0.2, 0.25) is 11.8 Å². The van der Waals surface area contributed by atoms with E-state index in [0.717, 1.165) is 37.1 Å². The second kappa shape index (κ2) is 8.01. The van der Waals surface area contributed by atoms with E-state index in [9.17, 15) is 9.59 Å². The number of rotatable bonds is 5. The molecule has 0 bridgehead atoms. The van der Waals surface area contributed by atoms with E-state index >= 15 is 0 Å². The van der Waals surface area contributed by atoms with Gasteiger partial charge < -0.3 is 14.6 Å². The number of amides is 2. The molecule has 0 saturated heterocycles. The highest BCUT2D eigenvalue weighted by molar-refractivity contribution is 5.94. The van der Waals surface area contributed by atoms with Crippen LogP contribution in [0.25, 0.3) is 0 Å². The summed E-state index contributed by atoms with van der Waals surface area (Å²) in [6.45, 7) is 0.418. The number of nitrogens with zero attached hydrogens (tertiary/aromatic N) is 1. The Morgan fingerprint density at radius 2 is 1.72 bits per heavy atom. The first-order valence-electron chi connectivity index (χ1n) is 8.78. The van der Waals surface area contributed by atoms with Crippen LogP contribution < -0.4 is 10.2 Å². The fourth-order valence-corrected chi connectivity index (χ4v) is 3.39. The Labute approximate surface area is 148 Å². The number of benzene rings is 1. The van der Waals surface area contributed by atoms with Crippen LogP contribution in [0.2, 0.25) is 0 Å². The first-order valence-corrected chi connectivity index (χ1v) is 8.78. The molecule has 1 fully saturated rings. The summed E-state index contributed by atoms with van der Waals surface area (Å²) in [4.78, 5) is 26.7. The molecule has 25 heavy (non-hydrogen) atoms. The van der Waals surface area contributed by atoms with Crippen LogP contribution in [0.5, 0.6) is 0 Å². The summed E-state index contributed by atoms with van der Waals surface area (Å²) in [7, 11) is 1.82. The van der Waals surface area contributed by atoms with Crippen molar-refractivity contribution < 1.29 is 14.0 Å². The van der Waals surface area contributed by atoms with Crippen molar-refractivity contribution in [1.82, 2.24) is 5.32 Å². The highest BCUT2D eigenvalue weighted by atomic mass is 16.3. The lowest BCUT2D eigenvalue weighted by Crippen LogP contribution is -2.38. The van der Waals surface area contributed by atoms with E-state index in [1.165, 1.54) is 0 Å². The molecule has 0 unspecified atom stereocenters. The molecular formula is C20H24N2O3. The van der Waals surface area contributed by atoms with Crippen molar-refractivity contribution in [1.29, 1.82) is 0 Å². The summed E-state index contributed by atoms with van der Waals surface area (Å²) in [5.41, 5.74) is 0.908. The van der Waals surface area contributed by atoms with Crippen molar-refractivity contribution >= 4 is 17.5 Å². The van der Waals surface area contributed by atoms with Crippen LogP contribution in [0.1, 0.15) is 31.4 Å². The Morgan fingerprint density at radius 1 is 1.04 bits per heavy atom. The second-order valence-corrected chi connectivity index (χ2v) is 6.58. The number of para-hydroxylation sites is 1. The van der Waals surface area contributed by atoms with Crippen molar-refractivity contribution in [3.63, 3.8) is 0 Å². The molecule has 0 atom stereocenters. The van der Waals surface area contributed by atoms with Crippen molar-refractivity contribution in [2.24, 2.45) is 11.8 Å². The monoisotopic (exact) mass is 340 g/mol. The Kier molecular flexibility index (Phi) is 5.53. The minimum atomic E-state index is -0.0129. The lowest BCUT2D eigenvalue weighted by atomic mass is 9.81. The van der Waals surface area contributed by atoms with Crippen LogP contribution in [0.3, 0.4) is 0 Å². The zero-order valence-corrected chi connectivity index (χ0v) is 14.5. The highest BCUT2D eigenvalue weighted by Gasteiger charge is 2.31. The number of hydrogen-bond acceptors (Lipinski definition) is 3. The van der Waals surface area contributed by atoms with E-state index < -0.39 is 0 Å². The summed E-state index contributed by atoms with van der Waals surface area (Å²) in [5.74, 6) is 0.932. The third kappa shape index (κ3) is 4.29. The lowest BCUT2D eigenvalue weighted by molar-refractivity contribution is -0.129. The standard InChI is InChI=1S/C20H24N2O3/c1-22(17-6-3-2-4-7-17)20(24)16-11-9-15(10-12-16)19(23)21-14-18-8-5-13-25-18/h2-8,13,15-16H,9-12,14H2,1H3,(H,21,23).